The first-order valence-corrected chi connectivity index (χ1v) is 4.39. The molecule has 0 atom stereocenters. The van der Waals surface area contributed by atoms with E-state index in [1.165, 1.54) is 0 Å². The predicted molar refractivity (Wildman–Crippen MR) is 43.0 cm³/mol. The normalized spacial score (nSPS) is 12.3. The van der Waals surface area contributed by atoms with E-state index in [4.69, 9.17) is 14.6 Å². The molecule has 0 amide bonds. The highest BCUT2D eigenvalue weighted by Gasteiger charge is 2.20. The van der Waals surface area contributed by atoms with Crippen LogP contribution in [0.2, 0.25) is 0 Å². The van der Waals surface area contributed by atoms with Crippen molar-refractivity contribution < 1.29 is 14.6 Å². The molecule has 3 nitrogen and oxygen atoms in total. The Morgan fingerprint density at radius 3 is 2.20 bits per heavy atom. The lowest BCUT2D eigenvalue weighted by Gasteiger charge is -2.26. The molecule has 0 spiro atoms. The topological polar surface area (TPSA) is 38.7 Å². The molecular formula is C6H16O3Si. The van der Waals surface area contributed by atoms with Gasteiger partial charge in [0.1, 0.15) is 5.41 Å². The number of ether oxygens (including phenoxy) is 2. The van der Waals surface area contributed by atoms with Crippen molar-refractivity contribution in [1.82, 2.24) is 0 Å². The molecule has 10 heavy (non-hydrogen) atoms. The van der Waals surface area contributed by atoms with Gasteiger partial charge in [0.25, 0.3) is 0 Å². The van der Waals surface area contributed by atoms with Crippen LogP contribution in [0.25, 0.3) is 0 Å². The molecule has 0 saturated heterocycles. The Kier molecular flexibility index (Phi) is 4.89. The fraction of sp³-hybridized carbons (Fsp3) is 1.00. The van der Waals surface area contributed by atoms with E-state index in [0.29, 0.717) is 0 Å². The summed E-state index contributed by atoms with van der Waals surface area (Å²) in [5.74, 6) is 0. The van der Waals surface area contributed by atoms with Gasteiger partial charge in [0, 0.05) is 20.8 Å². The van der Waals surface area contributed by atoms with Crippen molar-refractivity contribution in [2.24, 2.45) is 0 Å². The highest BCUT2D eigenvalue weighted by atomic mass is 28.1. The second-order valence-electron chi connectivity index (χ2n) is 2.37. The van der Waals surface area contributed by atoms with Crippen LogP contribution in [0.5, 0.6) is 0 Å². The molecule has 0 saturated carbocycles. The van der Waals surface area contributed by atoms with E-state index in [9.17, 15) is 0 Å². The van der Waals surface area contributed by atoms with Crippen LogP contribution in [0.1, 0.15) is 12.8 Å². The second kappa shape index (κ2) is 4.84. The fourth-order valence-corrected chi connectivity index (χ4v) is 1.04. The maximum absolute atomic E-state index is 8.52. The molecule has 1 N–H and O–H groups in total. The standard InChI is InChI=1S/C6H16O3Si/c1-8-6(10,9-2)4-3-5-7/h7H,3-5H2,1-2,10H3. The Labute approximate surface area is 64.8 Å². The average Bonchev–Trinajstić information content (AvgIpc) is 2.00. The molecule has 62 valence electrons. The first-order chi connectivity index (χ1) is 4.68. The molecule has 0 unspecified atom stereocenters. The molecule has 0 heterocycles. The molecule has 0 radical (unpaired) electrons. The van der Waals surface area contributed by atoms with Crippen molar-refractivity contribution in [3.8, 4) is 0 Å². The van der Waals surface area contributed by atoms with Crippen molar-refractivity contribution in [1.29, 1.82) is 0 Å². The quantitative estimate of drug-likeness (QED) is 0.421. The van der Waals surface area contributed by atoms with E-state index in [2.05, 4.69) is 0 Å². The van der Waals surface area contributed by atoms with Gasteiger partial charge in [-0.25, -0.2) is 0 Å². The van der Waals surface area contributed by atoms with Crippen molar-refractivity contribution in [2.75, 3.05) is 20.8 Å². The molecule has 0 aromatic carbocycles. The molecule has 0 aliphatic carbocycles. The monoisotopic (exact) mass is 164 g/mol. The summed E-state index contributed by atoms with van der Waals surface area (Å²) in [7, 11) is 4.09. The van der Waals surface area contributed by atoms with E-state index in [0.717, 1.165) is 23.1 Å². The third-order valence-corrected chi connectivity index (χ3v) is 2.97. The Morgan fingerprint density at radius 1 is 1.40 bits per heavy atom. The van der Waals surface area contributed by atoms with Crippen LogP contribution in [0, 0.1) is 0 Å². The van der Waals surface area contributed by atoms with Crippen LogP contribution >= 0.6 is 0 Å². The molecule has 4 heteroatoms. The highest BCUT2D eigenvalue weighted by Crippen LogP contribution is 2.12. The number of aliphatic hydroxyl groups is 1. The molecule has 0 bridgehead atoms. The number of hydrogen-bond acceptors (Lipinski definition) is 3. The van der Waals surface area contributed by atoms with Gasteiger partial charge in [-0.3, -0.25) is 0 Å². The summed E-state index contributed by atoms with van der Waals surface area (Å²) in [5, 5.41) is 8.52. The smallest absolute Gasteiger partial charge is 0.140 e. The highest BCUT2D eigenvalue weighted by molar-refractivity contribution is 6.13. The zero-order chi connectivity index (χ0) is 8.04. The van der Waals surface area contributed by atoms with E-state index >= 15 is 0 Å². The summed E-state index contributed by atoms with van der Waals surface area (Å²) in [5.41, 5.74) is -0.386. The van der Waals surface area contributed by atoms with Gasteiger partial charge in [-0.1, -0.05) is 0 Å². The zero-order valence-corrected chi connectivity index (χ0v) is 8.89. The molecule has 0 rings (SSSR count). The Morgan fingerprint density at radius 2 is 1.90 bits per heavy atom. The van der Waals surface area contributed by atoms with E-state index in [-0.39, 0.29) is 12.0 Å². The summed E-state index contributed by atoms with van der Waals surface area (Å²) in [6.45, 7) is 0.205. The van der Waals surface area contributed by atoms with E-state index in [1.54, 1.807) is 14.2 Å². The lowest BCUT2D eigenvalue weighted by molar-refractivity contribution is -0.147. The van der Waals surface area contributed by atoms with Gasteiger partial charge < -0.3 is 14.6 Å². The maximum Gasteiger partial charge on any atom is 0.140 e. The summed E-state index contributed by atoms with van der Waals surface area (Å²) < 4.78 is 10.2. The molecule has 0 fully saturated rings. The van der Waals surface area contributed by atoms with Crippen LogP contribution in [-0.2, 0) is 9.47 Å². The number of methoxy groups -OCH3 is 2. The van der Waals surface area contributed by atoms with Crippen molar-refractivity contribution in [3.63, 3.8) is 0 Å². The van der Waals surface area contributed by atoms with Crippen LogP contribution in [0.15, 0.2) is 0 Å². The van der Waals surface area contributed by atoms with Crippen LogP contribution in [0.3, 0.4) is 0 Å². The minimum Gasteiger partial charge on any atom is -0.396 e. The first-order valence-electron chi connectivity index (χ1n) is 3.39. The zero-order valence-electron chi connectivity index (χ0n) is 6.89. The summed E-state index contributed by atoms with van der Waals surface area (Å²) >= 11 is 0. The molecular weight excluding hydrogens is 148 g/mol. The second-order valence-corrected chi connectivity index (χ2v) is 3.89. The largest absolute Gasteiger partial charge is 0.396 e. The SMILES string of the molecule is COC([SiH3])(CCCO)OC. The molecule has 0 aliphatic rings. The van der Waals surface area contributed by atoms with Gasteiger partial charge in [-0.2, -0.15) is 0 Å². The van der Waals surface area contributed by atoms with Gasteiger partial charge in [0.05, 0.1) is 10.2 Å². The number of hydrogen-bond donors (Lipinski definition) is 1. The number of rotatable bonds is 5. The maximum atomic E-state index is 8.52. The lowest BCUT2D eigenvalue weighted by atomic mass is 10.3. The van der Waals surface area contributed by atoms with E-state index in [1.807, 2.05) is 0 Å². The third kappa shape index (κ3) is 3.31. The van der Waals surface area contributed by atoms with Gasteiger partial charge in [-0.05, 0) is 12.8 Å². The molecule has 0 aliphatic heterocycles. The minimum absolute atomic E-state index is 0.205. The van der Waals surface area contributed by atoms with Crippen molar-refractivity contribution in [2.45, 2.75) is 18.3 Å². The van der Waals surface area contributed by atoms with Crippen LogP contribution in [-0.4, -0.2) is 41.6 Å². The Bertz CT molecular complexity index is 83.1. The summed E-state index contributed by atoms with van der Waals surface area (Å²) in [4.78, 5) is 0. The third-order valence-electron chi connectivity index (χ3n) is 1.65. The summed E-state index contributed by atoms with van der Waals surface area (Å²) in [6.07, 6.45) is 1.52. The van der Waals surface area contributed by atoms with Crippen molar-refractivity contribution >= 4 is 10.2 Å². The van der Waals surface area contributed by atoms with Crippen molar-refractivity contribution in [3.05, 3.63) is 0 Å². The summed E-state index contributed by atoms with van der Waals surface area (Å²) in [6, 6.07) is 0. The fourth-order valence-electron chi connectivity index (χ4n) is 0.688. The Hall–Kier alpha value is 0.0969. The van der Waals surface area contributed by atoms with Gasteiger partial charge in [-0.15, -0.1) is 0 Å². The Balaban J connectivity index is 3.58. The molecule has 0 aromatic rings. The molecule has 0 aromatic heterocycles. The lowest BCUT2D eigenvalue weighted by Crippen LogP contribution is -2.34. The minimum atomic E-state index is -0.386. The van der Waals surface area contributed by atoms with Crippen LogP contribution in [0.4, 0.5) is 0 Å². The van der Waals surface area contributed by atoms with Gasteiger partial charge in [0.2, 0.25) is 0 Å². The first kappa shape index (κ1) is 10.1. The van der Waals surface area contributed by atoms with Gasteiger partial charge in [0.15, 0.2) is 0 Å². The predicted octanol–water partition coefficient (Wildman–Crippen LogP) is -0.929. The van der Waals surface area contributed by atoms with E-state index < -0.39 is 0 Å². The number of aliphatic hydroxyl groups excluding tert-OH is 1. The van der Waals surface area contributed by atoms with Gasteiger partial charge >= 0.3 is 0 Å². The average molecular weight is 164 g/mol. The van der Waals surface area contributed by atoms with Crippen LogP contribution < -0.4 is 0 Å².